The van der Waals surface area contributed by atoms with Crippen LogP contribution < -0.4 is 5.43 Å². The highest BCUT2D eigenvalue weighted by molar-refractivity contribution is 8.03. The first-order valence-corrected chi connectivity index (χ1v) is 12.5. The molecular weight excluding hydrogens is 468 g/mol. The van der Waals surface area contributed by atoms with Crippen molar-refractivity contribution < 1.29 is 4.79 Å². The summed E-state index contributed by atoms with van der Waals surface area (Å²) < 4.78 is 1.65. The Hall–Kier alpha value is -2.39. The highest BCUT2D eigenvalue weighted by atomic mass is 35.5. The van der Waals surface area contributed by atoms with Crippen molar-refractivity contribution in [3.8, 4) is 0 Å². The van der Waals surface area contributed by atoms with Crippen molar-refractivity contribution in [2.75, 3.05) is 5.75 Å². The SMILES string of the molecule is O=C(CSc1nnc(SCc2cccc3ccccc23)s1)NN=Cc1ccc(Cl)cc1. The average molecular weight is 485 g/mol. The van der Waals surface area contributed by atoms with Gasteiger partial charge in [-0.25, -0.2) is 5.43 Å². The van der Waals surface area contributed by atoms with Gasteiger partial charge in [0.15, 0.2) is 8.68 Å². The number of carbonyl (C=O) groups excluding carboxylic acids is 1. The molecule has 0 saturated carbocycles. The fraction of sp³-hybridized carbons (Fsp3) is 0.0909. The summed E-state index contributed by atoms with van der Waals surface area (Å²) in [5, 5.41) is 15.5. The van der Waals surface area contributed by atoms with Crippen molar-refractivity contribution in [3.05, 3.63) is 82.9 Å². The van der Waals surface area contributed by atoms with E-state index in [1.54, 1.807) is 30.1 Å². The minimum Gasteiger partial charge on any atom is -0.272 e. The van der Waals surface area contributed by atoms with Crippen LogP contribution in [0.2, 0.25) is 5.02 Å². The predicted octanol–water partition coefficient (Wildman–Crippen LogP) is 5.88. The minimum absolute atomic E-state index is 0.199. The summed E-state index contributed by atoms with van der Waals surface area (Å²) in [6.07, 6.45) is 1.58. The molecule has 1 heterocycles. The molecule has 156 valence electrons. The fourth-order valence-electron chi connectivity index (χ4n) is 2.76. The van der Waals surface area contributed by atoms with Crippen LogP contribution in [0.4, 0.5) is 0 Å². The number of fused-ring (bicyclic) bond motifs is 1. The van der Waals surface area contributed by atoms with E-state index in [0.717, 1.165) is 20.0 Å². The van der Waals surface area contributed by atoms with Gasteiger partial charge in [0, 0.05) is 10.8 Å². The van der Waals surface area contributed by atoms with Gasteiger partial charge in [-0.2, -0.15) is 5.10 Å². The molecule has 0 fully saturated rings. The molecule has 3 aromatic carbocycles. The molecule has 1 N–H and O–H groups in total. The van der Waals surface area contributed by atoms with E-state index in [0.29, 0.717) is 5.02 Å². The molecule has 0 unspecified atom stereocenters. The second-order valence-electron chi connectivity index (χ2n) is 6.39. The summed E-state index contributed by atoms with van der Waals surface area (Å²) in [6.45, 7) is 0. The number of hydrazone groups is 1. The van der Waals surface area contributed by atoms with Gasteiger partial charge in [0.1, 0.15) is 0 Å². The van der Waals surface area contributed by atoms with E-state index in [9.17, 15) is 4.79 Å². The van der Waals surface area contributed by atoms with Crippen LogP contribution in [0.25, 0.3) is 10.8 Å². The smallest absolute Gasteiger partial charge is 0.250 e. The number of nitrogens with zero attached hydrogens (tertiary/aromatic N) is 3. The van der Waals surface area contributed by atoms with Crippen LogP contribution in [0.1, 0.15) is 11.1 Å². The maximum Gasteiger partial charge on any atom is 0.250 e. The molecule has 0 aliphatic heterocycles. The lowest BCUT2D eigenvalue weighted by Gasteiger charge is -2.04. The van der Waals surface area contributed by atoms with Crippen LogP contribution >= 0.6 is 46.5 Å². The molecular formula is C22H17ClN4OS3. The monoisotopic (exact) mass is 484 g/mol. The van der Waals surface area contributed by atoms with Crippen molar-refractivity contribution in [3.63, 3.8) is 0 Å². The second-order valence-corrected chi connectivity index (χ2v) is 10.3. The van der Waals surface area contributed by atoms with E-state index in [1.165, 1.54) is 39.4 Å². The lowest BCUT2D eigenvalue weighted by molar-refractivity contribution is -0.118. The van der Waals surface area contributed by atoms with Gasteiger partial charge in [0.05, 0.1) is 12.0 Å². The number of benzene rings is 3. The Bertz CT molecular complexity index is 1210. The van der Waals surface area contributed by atoms with E-state index in [-0.39, 0.29) is 11.7 Å². The van der Waals surface area contributed by atoms with Gasteiger partial charge >= 0.3 is 0 Å². The van der Waals surface area contributed by atoms with Gasteiger partial charge in [-0.05, 0) is 34.0 Å². The van der Waals surface area contributed by atoms with Crippen LogP contribution in [0, 0.1) is 0 Å². The number of halogens is 1. The molecule has 4 aromatic rings. The molecule has 0 radical (unpaired) electrons. The maximum atomic E-state index is 12.0. The Morgan fingerprint density at radius 1 is 1.00 bits per heavy atom. The van der Waals surface area contributed by atoms with Crippen molar-refractivity contribution in [2.45, 2.75) is 14.4 Å². The number of rotatable bonds is 8. The molecule has 31 heavy (non-hydrogen) atoms. The zero-order valence-electron chi connectivity index (χ0n) is 16.2. The number of hydrogen-bond acceptors (Lipinski definition) is 7. The van der Waals surface area contributed by atoms with E-state index in [4.69, 9.17) is 11.6 Å². The number of aromatic nitrogens is 2. The molecule has 0 atom stereocenters. The molecule has 1 amide bonds. The largest absolute Gasteiger partial charge is 0.272 e. The topological polar surface area (TPSA) is 67.2 Å². The number of hydrogen-bond donors (Lipinski definition) is 1. The molecule has 0 saturated heterocycles. The molecule has 4 rings (SSSR count). The van der Waals surface area contributed by atoms with Crippen molar-refractivity contribution >= 4 is 69.4 Å². The van der Waals surface area contributed by atoms with Crippen LogP contribution in [0.5, 0.6) is 0 Å². The third-order valence-electron chi connectivity index (χ3n) is 4.22. The molecule has 0 bridgehead atoms. The minimum atomic E-state index is -0.199. The summed E-state index contributed by atoms with van der Waals surface area (Å²) in [7, 11) is 0. The van der Waals surface area contributed by atoms with Crippen LogP contribution in [0.3, 0.4) is 0 Å². The molecule has 1 aromatic heterocycles. The summed E-state index contributed by atoms with van der Waals surface area (Å²) in [6, 6.07) is 21.9. The lowest BCUT2D eigenvalue weighted by Crippen LogP contribution is -2.19. The third-order valence-corrected chi connectivity index (χ3v) is 7.71. The number of thioether (sulfide) groups is 2. The highest BCUT2D eigenvalue weighted by Gasteiger charge is 2.09. The predicted molar refractivity (Wildman–Crippen MR) is 131 cm³/mol. The van der Waals surface area contributed by atoms with Gasteiger partial charge in [0.2, 0.25) is 0 Å². The first-order chi connectivity index (χ1) is 15.2. The molecule has 0 aliphatic carbocycles. The van der Waals surface area contributed by atoms with E-state index in [1.807, 2.05) is 18.2 Å². The Labute approximate surface area is 197 Å². The van der Waals surface area contributed by atoms with Crippen molar-refractivity contribution in [1.29, 1.82) is 0 Å². The number of amides is 1. The van der Waals surface area contributed by atoms with Gasteiger partial charge in [0.25, 0.3) is 5.91 Å². The molecule has 5 nitrogen and oxygen atoms in total. The standard InChI is InChI=1S/C22H17ClN4OS3/c23-18-10-8-15(9-11-18)12-24-25-20(28)14-30-22-27-26-21(31-22)29-13-17-6-3-5-16-4-1-2-7-19(16)17/h1-12H,13-14H2,(H,25,28). The first kappa shape index (κ1) is 21.8. The number of carbonyl (C=O) groups is 1. The van der Waals surface area contributed by atoms with Gasteiger partial charge in [-0.15, -0.1) is 10.2 Å². The Kier molecular flexibility index (Phi) is 7.58. The van der Waals surface area contributed by atoms with E-state index in [2.05, 4.69) is 57.1 Å². The van der Waals surface area contributed by atoms with Crippen LogP contribution in [0.15, 0.2) is 80.5 Å². The number of nitrogens with one attached hydrogen (secondary N) is 1. The fourth-order valence-corrected chi connectivity index (χ4v) is 5.70. The third kappa shape index (κ3) is 6.30. The van der Waals surface area contributed by atoms with Gasteiger partial charge in [-0.3, -0.25) is 4.79 Å². The Morgan fingerprint density at radius 3 is 2.58 bits per heavy atom. The highest BCUT2D eigenvalue weighted by Crippen LogP contribution is 2.32. The molecule has 9 heteroatoms. The Morgan fingerprint density at radius 2 is 1.74 bits per heavy atom. The van der Waals surface area contributed by atoms with E-state index < -0.39 is 0 Å². The normalized spacial score (nSPS) is 11.3. The summed E-state index contributed by atoms with van der Waals surface area (Å²) in [4.78, 5) is 12.0. The summed E-state index contributed by atoms with van der Waals surface area (Å²) in [5.41, 5.74) is 4.64. The van der Waals surface area contributed by atoms with Crippen LogP contribution in [-0.4, -0.2) is 28.1 Å². The molecule has 0 spiro atoms. The van der Waals surface area contributed by atoms with E-state index >= 15 is 0 Å². The average Bonchev–Trinajstić information content (AvgIpc) is 3.25. The zero-order chi connectivity index (χ0) is 21.5. The Balaban J connectivity index is 1.25. The van der Waals surface area contributed by atoms with Gasteiger partial charge in [-0.1, -0.05) is 101 Å². The zero-order valence-corrected chi connectivity index (χ0v) is 19.4. The van der Waals surface area contributed by atoms with Crippen molar-refractivity contribution in [1.82, 2.24) is 15.6 Å². The lowest BCUT2D eigenvalue weighted by atomic mass is 10.1. The summed E-state index contributed by atoms with van der Waals surface area (Å²) in [5.74, 6) is 0.844. The van der Waals surface area contributed by atoms with Crippen LogP contribution in [-0.2, 0) is 10.5 Å². The summed E-state index contributed by atoms with van der Waals surface area (Å²) >= 11 is 10.3. The van der Waals surface area contributed by atoms with Gasteiger partial charge < -0.3 is 0 Å². The quantitative estimate of drug-likeness (QED) is 0.192. The second kappa shape index (κ2) is 10.8. The molecule has 0 aliphatic rings. The first-order valence-electron chi connectivity index (χ1n) is 9.30. The maximum absolute atomic E-state index is 12.0. The van der Waals surface area contributed by atoms with Crippen molar-refractivity contribution in [2.24, 2.45) is 5.10 Å².